The molecule has 1 aliphatic heterocycles. The smallest absolute Gasteiger partial charge is 0.303 e. The number of aromatic hydroxyl groups is 1. The van der Waals surface area contributed by atoms with Crippen molar-refractivity contribution >= 4 is 11.9 Å². The quantitative estimate of drug-likeness (QED) is 0.764. The van der Waals surface area contributed by atoms with E-state index < -0.39 is 11.7 Å². The van der Waals surface area contributed by atoms with Crippen LogP contribution in [0.15, 0.2) is 29.3 Å². The predicted molar refractivity (Wildman–Crippen MR) is 49.5 cm³/mol. The van der Waals surface area contributed by atoms with Crippen LogP contribution in [0.25, 0.3) is 5.70 Å². The number of phenolic OH excluding ortho intramolecular Hbond substituents is 1. The first kappa shape index (κ1) is 9.76. The molecule has 78 valence electrons. The van der Waals surface area contributed by atoms with E-state index in [0.717, 1.165) is 18.2 Å². The normalized spacial score (nSPS) is 17.9. The van der Waals surface area contributed by atoms with Gasteiger partial charge in [0.2, 0.25) is 0 Å². The summed E-state index contributed by atoms with van der Waals surface area (Å²) < 4.78 is 38.2. The minimum Gasteiger partial charge on any atom is -0.507 e. The second-order valence-electron chi connectivity index (χ2n) is 3.12. The summed E-state index contributed by atoms with van der Waals surface area (Å²) in [6.07, 6.45) is 1.02. The summed E-state index contributed by atoms with van der Waals surface area (Å²) in [6.45, 7) is 0. The molecule has 1 aliphatic rings. The second kappa shape index (κ2) is 3.12. The van der Waals surface area contributed by atoms with Crippen molar-refractivity contribution in [3.05, 3.63) is 35.7 Å². The molecule has 0 saturated carbocycles. The minimum absolute atomic E-state index is 0.0385. The largest absolute Gasteiger partial charge is 0.507 e. The van der Waals surface area contributed by atoms with Gasteiger partial charge in [-0.3, -0.25) is 4.99 Å². The van der Waals surface area contributed by atoms with Gasteiger partial charge in [-0.2, -0.15) is 8.78 Å². The Balaban J connectivity index is 2.48. The number of hydrogen-bond acceptors (Lipinski definition) is 2. The van der Waals surface area contributed by atoms with E-state index in [4.69, 9.17) is 0 Å². The fourth-order valence-corrected chi connectivity index (χ4v) is 1.27. The van der Waals surface area contributed by atoms with Crippen LogP contribution in [0.5, 0.6) is 5.75 Å². The Morgan fingerprint density at radius 2 is 2.00 bits per heavy atom. The number of nitrogens with zero attached hydrogens (tertiary/aromatic N) is 1. The predicted octanol–water partition coefficient (Wildman–Crippen LogP) is 2.59. The molecule has 1 aromatic carbocycles. The molecule has 1 aromatic rings. The van der Waals surface area contributed by atoms with Crippen molar-refractivity contribution < 1.29 is 18.3 Å². The zero-order valence-corrected chi connectivity index (χ0v) is 7.42. The standard InChI is InChI=1S/C10H6F3NO/c11-6-1-2-9(15)7(3-6)8-4-10(12,13)5-14-8/h1-5,15H. The summed E-state index contributed by atoms with van der Waals surface area (Å²) in [4.78, 5) is 3.42. The van der Waals surface area contributed by atoms with Crippen LogP contribution in [0, 0.1) is 5.82 Å². The SMILES string of the molecule is Oc1ccc(F)cc1C1=CC(F)(F)C=N1. The molecule has 5 heteroatoms. The van der Waals surface area contributed by atoms with Crippen LogP contribution in [0.4, 0.5) is 13.2 Å². The molecule has 0 radical (unpaired) electrons. The fraction of sp³-hybridized carbons (Fsp3) is 0.100. The molecule has 0 bridgehead atoms. The van der Waals surface area contributed by atoms with Gasteiger partial charge in [0.05, 0.1) is 11.9 Å². The van der Waals surface area contributed by atoms with Crippen LogP contribution in [-0.4, -0.2) is 17.2 Å². The van der Waals surface area contributed by atoms with E-state index in [2.05, 4.69) is 4.99 Å². The van der Waals surface area contributed by atoms with Gasteiger partial charge in [0.15, 0.2) is 0 Å². The molecule has 0 fully saturated rings. The first-order chi connectivity index (χ1) is 6.98. The molecule has 0 amide bonds. The van der Waals surface area contributed by atoms with E-state index in [0.29, 0.717) is 12.3 Å². The van der Waals surface area contributed by atoms with Crippen molar-refractivity contribution in [1.82, 2.24) is 0 Å². The third-order valence-corrected chi connectivity index (χ3v) is 1.94. The van der Waals surface area contributed by atoms with Crippen LogP contribution < -0.4 is 0 Å². The lowest BCUT2D eigenvalue weighted by Crippen LogP contribution is -2.09. The summed E-state index contributed by atoms with van der Waals surface area (Å²) in [5.41, 5.74) is -0.166. The van der Waals surface area contributed by atoms with Crippen molar-refractivity contribution in [2.75, 3.05) is 0 Å². The van der Waals surface area contributed by atoms with E-state index in [1.165, 1.54) is 0 Å². The Morgan fingerprint density at radius 3 is 2.60 bits per heavy atom. The van der Waals surface area contributed by atoms with E-state index in [1.54, 1.807) is 0 Å². The van der Waals surface area contributed by atoms with Gasteiger partial charge in [-0.05, 0) is 18.2 Å². The molecule has 15 heavy (non-hydrogen) atoms. The molecule has 2 rings (SSSR count). The fourth-order valence-electron chi connectivity index (χ4n) is 1.27. The van der Waals surface area contributed by atoms with Gasteiger partial charge in [0, 0.05) is 11.6 Å². The van der Waals surface area contributed by atoms with Crippen LogP contribution >= 0.6 is 0 Å². The highest BCUT2D eigenvalue weighted by Gasteiger charge is 2.29. The average Bonchev–Trinajstić information content (AvgIpc) is 2.50. The number of hydrogen-bond donors (Lipinski definition) is 1. The van der Waals surface area contributed by atoms with E-state index in [1.807, 2.05) is 0 Å². The Kier molecular flexibility index (Phi) is 2.03. The van der Waals surface area contributed by atoms with Gasteiger partial charge in [0.25, 0.3) is 0 Å². The van der Waals surface area contributed by atoms with Crippen molar-refractivity contribution in [3.8, 4) is 5.75 Å². The van der Waals surface area contributed by atoms with E-state index in [9.17, 15) is 18.3 Å². The Labute approximate surface area is 83.4 Å². The first-order valence-corrected chi connectivity index (χ1v) is 4.13. The molecular weight excluding hydrogens is 207 g/mol. The van der Waals surface area contributed by atoms with E-state index in [-0.39, 0.29) is 17.0 Å². The minimum atomic E-state index is -3.13. The van der Waals surface area contributed by atoms with Gasteiger partial charge in [-0.1, -0.05) is 0 Å². The highest BCUT2D eigenvalue weighted by molar-refractivity contribution is 5.88. The Bertz CT molecular complexity index is 466. The zero-order chi connectivity index (χ0) is 11.1. The average molecular weight is 213 g/mol. The van der Waals surface area contributed by atoms with Crippen molar-refractivity contribution in [2.45, 2.75) is 5.92 Å². The first-order valence-electron chi connectivity index (χ1n) is 4.13. The summed E-state index contributed by atoms with van der Waals surface area (Å²) in [7, 11) is 0. The van der Waals surface area contributed by atoms with Crippen LogP contribution in [0.2, 0.25) is 0 Å². The number of benzene rings is 1. The van der Waals surface area contributed by atoms with Crippen LogP contribution in [-0.2, 0) is 0 Å². The summed E-state index contributed by atoms with van der Waals surface area (Å²) in [5.74, 6) is -4.03. The third kappa shape index (κ3) is 1.86. The van der Waals surface area contributed by atoms with Crippen molar-refractivity contribution in [1.29, 1.82) is 0 Å². The molecule has 1 N–H and O–H groups in total. The number of halogens is 3. The van der Waals surface area contributed by atoms with Crippen LogP contribution in [0.3, 0.4) is 0 Å². The topological polar surface area (TPSA) is 32.6 Å². The molecule has 0 spiro atoms. The third-order valence-electron chi connectivity index (χ3n) is 1.94. The summed E-state index contributed by atoms with van der Waals surface area (Å²) in [6, 6.07) is 3.09. The summed E-state index contributed by atoms with van der Waals surface area (Å²) in [5, 5.41) is 9.34. The maximum absolute atomic E-state index is 12.8. The van der Waals surface area contributed by atoms with Gasteiger partial charge >= 0.3 is 5.92 Å². The van der Waals surface area contributed by atoms with Crippen molar-refractivity contribution in [2.24, 2.45) is 4.99 Å². The molecule has 0 atom stereocenters. The van der Waals surface area contributed by atoms with Gasteiger partial charge < -0.3 is 5.11 Å². The van der Waals surface area contributed by atoms with Gasteiger partial charge in [-0.25, -0.2) is 4.39 Å². The molecule has 0 aromatic heterocycles. The lowest BCUT2D eigenvalue weighted by molar-refractivity contribution is 0.143. The Morgan fingerprint density at radius 1 is 1.27 bits per heavy atom. The second-order valence-corrected chi connectivity index (χ2v) is 3.12. The van der Waals surface area contributed by atoms with E-state index >= 15 is 0 Å². The molecular formula is C10H6F3NO. The molecule has 0 aliphatic carbocycles. The lowest BCUT2D eigenvalue weighted by atomic mass is 10.1. The number of aliphatic imine (C=N–C) groups is 1. The number of phenols is 1. The number of alkyl halides is 2. The zero-order valence-electron chi connectivity index (χ0n) is 7.42. The maximum Gasteiger partial charge on any atom is 0.303 e. The Hall–Kier alpha value is -1.78. The maximum atomic E-state index is 12.8. The monoisotopic (exact) mass is 213 g/mol. The molecule has 0 unspecified atom stereocenters. The number of allylic oxidation sites excluding steroid dienone is 1. The highest BCUT2D eigenvalue weighted by Crippen LogP contribution is 2.33. The van der Waals surface area contributed by atoms with Gasteiger partial charge in [0.1, 0.15) is 11.6 Å². The molecule has 0 saturated heterocycles. The van der Waals surface area contributed by atoms with Crippen LogP contribution in [0.1, 0.15) is 5.56 Å². The highest BCUT2D eigenvalue weighted by atomic mass is 19.3. The van der Waals surface area contributed by atoms with Gasteiger partial charge in [-0.15, -0.1) is 0 Å². The summed E-state index contributed by atoms with van der Waals surface area (Å²) >= 11 is 0. The molecule has 2 nitrogen and oxygen atoms in total. The lowest BCUT2D eigenvalue weighted by Gasteiger charge is -2.02. The van der Waals surface area contributed by atoms with Crippen molar-refractivity contribution in [3.63, 3.8) is 0 Å². The number of rotatable bonds is 1. The molecule has 1 heterocycles.